The van der Waals surface area contributed by atoms with E-state index in [1.807, 2.05) is 32.6 Å². The highest BCUT2D eigenvalue weighted by atomic mass is 32.2. The van der Waals surface area contributed by atoms with Crippen molar-refractivity contribution in [3.63, 3.8) is 0 Å². The number of amides is 3. The molecule has 2 rings (SSSR count). The Labute approximate surface area is 278 Å². The average molecular weight is 674 g/mol. The van der Waals surface area contributed by atoms with E-state index in [1.54, 1.807) is 21.0 Å². The molecule has 2 aliphatic carbocycles. The Morgan fingerprint density at radius 2 is 1.41 bits per heavy atom. The molecule has 268 valence electrons. The fraction of sp³-hybridized carbons (Fsp3) is 0.909. The number of nitrogens with zero attached hydrogens (tertiary/aromatic N) is 3. The van der Waals surface area contributed by atoms with Crippen LogP contribution < -0.4 is 10.1 Å². The minimum atomic E-state index is -3.61. The molecular weight excluding hydrogens is 610 g/mol. The molecule has 46 heavy (non-hydrogen) atoms. The van der Waals surface area contributed by atoms with Crippen LogP contribution in [-0.2, 0) is 24.4 Å². The molecule has 2 fully saturated rings. The van der Waals surface area contributed by atoms with Gasteiger partial charge in [0.15, 0.2) is 0 Å². The number of aliphatic hydroxyl groups excluding tert-OH is 2. The van der Waals surface area contributed by atoms with Gasteiger partial charge in [-0.25, -0.2) is 13.4 Å². The molecule has 5 unspecified atom stereocenters. The van der Waals surface area contributed by atoms with Crippen molar-refractivity contribution in [2.45, 2.75) is 117 Å². The van der Waals surface area contributed by atoms with Gasteiger partial charge in [-0.3, -0.25) is 14.4 Å². The molecule has 0 aromatic rings. The van der Waals surface area contributed by atoms with Crippen LogP contribution in [0.2, 0.25) is 0 Å². The predicted molar refractivity (Wildman–Crippen MR) is 180 cm³/mol. The number of rotatable bonds is 18. The highest BCUT2D eigenvalue weighted by molar-refractivity contribution is 7.89. The van der Waals surface area contributed by atoms with E-state index in [-0.39, 0.29) is 48.0 Å². The van der Waals surface area contributed by atoms with E-state index in [4.69, 9.17) is 0 Å². The molecule has 2 aliphatic rings. The van der Waals surface area contributed by atoms with Crippen molar-refractivity contribution in [2.75, 3.05) is 46.0 Å². The van der Waals surface area contributed by atoms with Gasteiger partial charge < -0.3 is 25.3 Å². The summed E-state index contributed by atoms with van der Waals surface area (Å²) in [7, 11) is -0.238. The molecule has 3 amide bonds. The van der Waals surface area contributed by atoms with Crippen molar-refractivity contribution in [1.82, 2.24) is 25.0 Å². The topological polar surface area (TPSA) is 160 Å². The van der Waals surface area contributed by atoms with Crippen LogP contribution in [0.1, 0.15) is 98.8 Å². The van der Waals surface area contributed by atoms with E-state index in [0.717, 1.165) is 25.7 Å². The third kappa shape index (κ3) is 13.0. The zero-order valence-corrected chi connectivity index (χ0v) is 30.2. The summed E-state index contributed by atoms with van der Waals surface area (Å²) in [5, 5.41) is 26.1. The summed E-state index contributed by atoms with van der Waals surface area (Å²) >= 11 is 0. The van der Waals surface area contributed by atoms with E-state index in [2.05, 4.69) is 10.1 Å². The van der Waals surface area contributed by atoms with Crippen LogP contribution in [0.25, 0.3) is 0 Å². The molecule has 0 saturated heterocycles. The largest absolute Gasteiger partial charge is 0.393 e. The molecule has 0 spiro atoms. The van der Waals surface area contributed by atoms with Gasteiger partial charge in [0.05, 0.1) is 24.0 Å². The highest BCUT2D eigenvalue weighted by Crippen LogP contribution is 2.36. The van der Waals surface area contributed by atoms with Gasteiger partial charge in [0.25, 0.3) is 0 Å². The van der Waals surface area contributed by atoms with Crippen LogP contribution in [0.4, 0.5) is 0 Å². The average Bonchev–Trinajstić information content (AvgIpc) is 2.99. The molecular formula is C33H63N5O7S. The molecule has 0 aromatic carbocycles. The normalized spacial score (nSPS) is 25.2. The maximum atomic E-state index is 14.0. The molecule has 5 atom stereocenters. The molecule has 2 saturated carbocycles. The summed E-state index contributed by atoms with van der Waals surface area (Å²) in [4.78, 5) is 46.8. The second-order valence-corrected chi connectivity index (χ2v) is 16.0. The van der Waals surface area contributed by atoms with Crippen molar-refractivity contribution in [1.29, 1.82) is 0 Å². The summed E-state index contributed by atoms with van der Waals surface area (Å²) in [6.07, 6.45) is 4.60. The van der Waals surface area contributed by atoms with E-state index in [0.29, 0.717) is 58.2 Å². The number of likely N-dealkylation sites (N-methyl/N-ethyl adjacent to an activating group) is 1. The lowest BCUT2D eigenvalue weighted by molar-refractivity contribution is -0.143. The third-order valence-electron chi connectivity index (χ3n) is 9.32. The van der Waals surface area contributed by atoms with Crippen LogP contribution in [0, 0.1) is 29.6 Å². The molecule has 4 N–H and O–H groups in total. The smallest absolute Gasteiger partial charge is 0.225 e. The predicted octanol–water partition coefficient (Wildman–Crippen LogP) is 2.35. The Balaban J connectivity index is 2.30. The van der Waals surface area contributed by atoms with Gasteiger partial charge in [-0.2, -0.15) is 0 Å². The van der Waals surface area contributed by atoms with E-state index < -0.39 is 39.9 Å². The minimum absolute atomic E-state index is 0.0117. The maximum absolute atomic E-state index is 14.0. The van der Waals surface area contributed by atoms with Crippen molar-refractivity contribution < 1.29 is 33.0 Å². The first-order valence-electron chi connectivity index (χ1n) is 17.5. The summed E-state index contributed by atoms with van der Waals surface area (Å²) in [5.41, 5.74) is 0. The Morgan fingerprint density at radius 3 is 1.91 bits per heavy atom. The van der Waals surface area contributed by atoms with E-state index in [1.165, 1.54) is 9.91 Å². The van der Waals surface area contributed by atoms with Crippen molar-refractivity contribution in [2.24, 2.45) is 29.6 Å². The maximum Gasteiger partial charge on any atom is 0.225 e. The fourth-order valence-electron chi connectivity index (χ4n) is 7.04. The third-order valence-corrected chi connectivity index (χ3v) is 11.0. The monoisotopic (exact) mass is 673 g/mol. The summed E-state index contributed by atoms with van der Waals surface area (Å²) in [6.45, 7) is 11.0. The SMILES string of the molecule is CCCN(CCC)C(=O)C1CC(C(=O)NC(CC2CCC(O)CC2)C(O)CN(CC)NS(=O)(=O)CC(C)C)CC(C(=O)N(C)C)C1. The number of aliphatic hydroxyl groups is 2. The molecule has 0 heterocycles. The van der Waals surface area contributed by atoms with E-state index >= 15 is 0 Å². The van der Waals surface area contributed by atoms with Gasteiger partial charge in [0.2, 0.25) is 27.7 Å². The van der Waals surface area contributed by atoms with Crippen molar-refractivity contribution >= 4 is 27.7 Å². The van der Waals surface area contributed by atoms with Gasteiger partial charge in [0.1, 0.15) is 0 Å². The Bertz CT molecular complexity index is 1060. The van der Waals surface area contributed by atoms with Gasteiger partial charge in [0, 0.05) is 58.0 Å². The number of carbonyl (C=O) groups is 3. The number of hydrogen-bond acceptors (Lipinski definition) is 8. The van der Waals surface area contributed by atoms with Crippen LogP contribution in [-0.4, -0.2) is 115 Å². The van der Waals surface area contributed by atoms with Crippen molar-refractivity contribution in [3.8, 4) is 0 Å². The fourth-order valence-corrected chi connectivity index (χ4v) is 8.59. The first kappa shape index (κ1) is 40.4. The number of hydrazine groups is 1. The summed E-state index contributed by atoms with van der Waals surface area (Å²) in [6, 6.07) is -0.674. The zero-order chi connectivity index (χ0) is 34.6. The molecule has 0 bridgehead atoms. The molecule has 0 radical (unpaired) electrons. The highest BCUT2D eigenvalue weighted by Gasteiger charge is 2.41. The van der Waals surface area contributed by atoms with Crippen LogP contribution in [0.5, 0.6) is 0 Å². The van der Waals surface area contributed by atoms with Gasteiger partial charge in [-0.1, -0.05) is 34.6 Å². The second-order valence-electron chi connectivity index (χ2n) is 14.3. The minimum Gasteiger partial charge on any atom is -0.393 e. The molecule has 0 aliphatic heterocycles. The van der Waals surface area contributed by atoms with Crippen LogP contribution in [0.15, 0.2) is 0 Å². The van der Waals surface area contributed by atoms with Crippen LogP contribution >= 0.6 is 0 Å². The van der Waals surface area contributed by atoms with Gasteiger partial charge in [-0.15, -0.1) is 4.83 Å². The quantitative estimate of drug-likeness (QED) is 0.162. The number of sulfonamides is 1. The number of hydrogen-bond donors (Lipinski definition) is 4. The standard InChI is InChI=1S/C33H63N5O7S/c1-8-15-37(16-9-2)33(43)27-19-25(18-26(20-27)32(42)36(6)7)31(41)34-29(17-24-11-13-28(39)14-12-24)30(40)21-38(10-3)35-46(44,45)22-23(4)5/h23-30,35,39-40H,8-22H2,1-7H3,(H,34,41). The Kier molecular flexibility index (Phi) is 16.9. The van der Waals surface area contributed by atoms with Gasteiger partial charge in [-0.05, 0) is 76.0 Å². The van der Waals surface area contributed by atoms with E-state index in [9.17, 15) is 33.0 Å². The summed E-state index contributed by atoms with van der Waals surface area (Å²) < 4.78 is 25.3. The number of carbonyl (C=O) groups excluding carboxylic acids is 3. The lowest BCUT2D eigenvalue weighted by atomic mass is 9.73. The van der Waals surface area contributed by atoms with Gasteiger partial charge >= 0.3 is 0 Å². The molecule has 0 aromatic heterocycles. The van der Waals surface area contributed by atoms with Crippen molar-refractivity contribution in [3.05, 3.63) is 0 Å². The summed E-state index contributed by atoms with van der Waals surface area (Å²) in [5.74, 6) is -1.85. The molecule has 13 heteroatoms. The Hall–Kier alpha value is -1.80. The van der Waals surface area contributed by atoms with Crippen LogP contribution in [0.3, 0.4) is 0 Å². The Morgan fingerprint density at radius 1 is 0.870 bits per heavy atom. The lowest BCUT2D eigenvalue weighted by Gasteiger charge is -2.38. The zero-order valence-electron chi connectivity index (χ0n) is 29.4. The first-order valence-corrected chi connectivity index (χ1v) is 19.2. The second kappa shape index (κ2) is 19.3. The number of nitrogens with one attached hydrogen (secondary N) is 2. The first-order chi connectivity index (χ1) is 21.6. The molecule has 12 nitrogen and oxygen atoms in total. The lowest BCUT2D eigenvalue weighted by Crippen LogP contribution is -2.55.